The van der Waals surface area contributed by atoms with Gasteiger partial charge in [-0.05, 0) is 51.2 Å². The zero-order valence-electron chi connectivity index (χ0n) is 21.6. The Labute approximate surface area is 222 Å². The minimum atomic E-state index is -0.794. The van der Waals surface area contributed by atoms with Gasteiger partial charge in [0.15, 0.2) is 17.7 Å². The summed E-state index contributed by atoms with van der Waals surface area (Å²) in [6, 6.07) is 9.73. The van der Waals surface area contributed by atoms with Crippen LogP contribution in [0.25, 0.3) is 6.08 Å². The lowest BCUT2D eigenvalue weighted by atomic mass is 9.90. The second-order valence-corrected chi connectivity index (χ2v) is 13.3. The van der Waals surface area contributed by atoms with E-state index in [1.54, 1.807) is 7.11 Å². The van der Waals surface area contributed by atoms with Crippen LogP contribution < -0.4 is 0 Å². The molecule has 0 unspecified atom stereocenters. The number of amides is 1. The highest BCUT2D eigenvalue weighted by Gasteiger charge is 2.60. The van der Waals surface area contributed by atoms with Crippen LogP contribution in [0.4, 0.5) is 0 Å². The Morgan fingerprint density at radius 1 is 1.06 bits per heavy atom. The molecular formula is C27H37NO6S2. The van der Waals surface area contributed by atoms with E-state index in [0.29, 0.717) is 6.61 Å². The largest absolute Gasteiger partial charge is 0.369 e. The normalized spacial score (nSPS) is 35.3. The Morgan fingerprint density at radius 2 is 1.78 bits per heavy atom. The quantitative estimate of drug-likeness (QED) is 0.483. The summed E-state index contributed by atoms with van der Waals surface area (Å²) in [6.45, 7) is 8.13. The highest BCUT2D eigenvalue weighted by atomic mass is 32.2. The minimum Gasteiger partial charge on any atom is -0.369 e. The lowest BCUT2D eigenvalue weighted by Crippen LogP contribution is -2.72. The Kier molecular flexibility index (Phi) is 7.81. The molecule has 0 bridgehead atoms. The molecule has 7 nitrogen and oxygen atoms in total. The number of ether oxygens (including phenoxy) is 5. The molecule has 4 saturated heterocycles. The van der Waals surface area contributed by atoms with Gasteiger partial charge in [0.1, 0.15) is 18.3 Å². The molecule has 4 fully saturated rings. The number of likely N-dealkylation sites (tertiary alicyclic amines) is 1. The van der Waals surface area contributed by atoms with Gasteiger partial charge in [0.2, 0.25) is 0 Å². The van der Waals surface area contributed by atoms with E-state index in [0.717, 1.165) is 23.5 Å². The van der Waals surface area contributed by atoms with Crippen molar-refractivity contribution in [3.8, 4) is 0 Å². The van der Waals surface area contributed by atoms with Crippen LogP contribution in [0.15, 0.2) is 36.4 Å². The molecule has 0 radical (unpaired) electrons. The van der Waals surface area contributed by atoms with E-state index in [2.05, 4.69) is 24.3 Å². The van der Waals surface area contributed by atoms with E-state index >= 15 is 0 Å². The van der Waals surface area contributed by atoms with Crippen LogP contribution in [-0.2, 0) is 28.5 Å². The predicted molar refractivity (Wildman–Crippen MR) is 143 cm³/mol. The maximum absolute atomic E-state index is 13.5. The van der Waals surface area contributed by atoms with Crippen LogP contribution in [-0.4, -0.2) is 88.7 Å². The van der Waals surface area contributed by atoms with Gasteiger partial charge >= 0.3 is 0 Å². The van der Waals surface area contributed by atoms with Crippen molar-refractivity contribution < 1.29 is 28.5 Å². The highest BCUT2D eigenvalue weighted by Crippen LogP contribution is 2.46. The molecule has 0 spiro atoms. The smallest absolute Gasteiger partial charge is 0.255 e. The number of carbonyl (C=O) groups excluding carboxylic acids is 1. The van der Waals surface area contributed by atoms with Crippen LogP contribution in [0.3, 0.4) is 0 Å². The van der Waals surface area contributed by atoms with Crippen LogP contribution in [0.2, 0.25) is 0 Å². The summed E-state index contributed by atoms with van der Waals surface area (Å²) in [7, 11) is 1.61. The van der Waals surface area contributed by atoms with Gasteiger partial charge in [0.25, 0.3) is 5.91 Å². The molecule has 5 rings (SSSR count). The van der Waals surface area contributed by atoms with Gasteiger partial charge in [-0.3, -0.25) is 4.79 Å². The van der Waals surface area contributed by atoms with Crippen molar-refractivity contribution in [2.24, 2.45) is 0 Å². The van der Waals surface area contributed by atoms with Gasteiger partial charge in [-0.25, -0.2) is 0 Å². The van der Waals surface area contributed by atoms with Gasteiger partial charge in [0.05, 0.1) is 23.3 Å². The first-order chi connectivity index (χ1) is 17.2. The number of hydrogen-bond donors (Lipinski definition) is 0. The summed E-state index contributed by atoms with van der Waals surface area (Å²) in [4.78, 5) is 15.5. The number of benzene rings is 1. The first-order valence-corrected chi connectivity index (χ1v) is 14.8. The summed E-state index contributed by atoms with van der Waals surface area (Å²) < 4.78 is 31.0. The molecule has 1 aromatic carbocycles. The number of thioether (sulfide) groups is 2. The fourth-order valence-electron chi connectivity index (χ4n) is 5.45. The van der Waals surface area contributed by atoms with Crippen molar-refractivity contribution in [1.82, 2.24) is 4.90 Å². The second-order valence-electron chi connectivity index (χ2n) is 10.5. The van der Waals surface area contributed by atoms with E-state index in [1.807, 2.05) is 74.3 Å². The lowest BCUT2D eigenvalue weighted by molar-refractivity contribution is -0.182. The molecule has 4 heterocycles. The molecular weight excluding hydrogens is 498 g/mol. The van der Waals surface area contributed by atoms with Crippen molar-refractivity contribution in [2.45, 2.75) is 86.8 Å². The topological polar surface area (TPSA) is 66.5 Å². The third-order valence-corrected chi connectivity index (χ3v) is 10.1. The van der Waals surface area contributed by atoms with E-state index < -0.39 is 17.7 Å². The second kappa shape index (κ2) is 10.6. The number of carbonyl (C=O) groups is 1. The van der Waals surface area contributed by atoms with Gasteiger partial charge in [-0.15, -0.1) is 23.5 Å². The van der Waals surface area contributed by atoms with E-state index in [9.17, 15) is 4.79 Å². The Balaban J connectivity index is 1.48. The standard InChI is InChI=1S/C27H37NO6S2/c1-26(2)31-16-19(32-26)22-23(34-27(3,4)33-22)20(25-35-14-9-15-36-25)28-18(21(30-5)24(28)29)13-12-17-10-7-6-8-11-17/h6-8,10-13,18-23,25H,9,14-16H2,1-5H3/b13-12+/t18-,19+,20-,21+,22+,23+/m1/s1. The maximum Gasteiger partial charge on any atom is 0.255 e. The Bertz CT molecular complexity index is 951. The predicted octanol–water partition coefficient (Wildman–Crippen LogP) is 4.16. The summed E-state index contributed by atoms with van der Waals surface area (Å²) >= 11 is 3.81. The number of hydrogen-bond acceptors (Lipinski definition) is 8. The summed E-state index contributed by atoms with van der Waals surface area (Å²) in [5.74, 6) is 0.646. The first-order valence-electron chi connectivity index (χ1n) is 12.7. The van der Waals surface area contributed by atoms with Crippen molar-refractivity contribution in [1.29, 1.82) is 0 Å². The highest BCUT2D eigenvalue weighted by molar-refractivity contribution is 8.17. The first kappa shape index (κ1) is 26.5. The van der Waals surface area contributed by atoms with Crippen molar-refractivity contribution >= 4 is 35.5 Å². The number of nitrogens with zero attached hydrogens (tertiary/aromatic N) is 1. The molecule has 0 aliphatic carbocycles. The lowest BCUT2D eigenvalue weighted by Gasteiger charge is -2.53. The average Bonchev–Trinajstić information content (AvgIpc) is 3.38. The van der Waals surface area contributed by atoms with E-state index in [1.165, 1.54) is 0 Å². The third kappa shape index (κ3) is 5.39. The third-order valence-electron chi connectivity index (χ3n) is 7.02. The number of methoxy groups -OCH3 is 1. The van der Waals surface area contributed by atoms with Crippen LogP contribution in [0, 0.1) is 0 Å². The fraction of sp³-hybridized carbons (Fsp3) is 0.667. The fourth-order valence-corrected chi connectivity index (χ4v) is 8.65. The Morgan fingerprint density at radius 3 is 2.42 bits per heavy atom. The van der Waals surface area contributed by atoms with Gasteiger partial charge in [-0.2, -0.15) is 0 Å². The molecule has 198 valence electrons. The molecule has 0 N–H and O–H groups in total. The molecule has 6 atom stereocenters. The van der Waals surface area contributed by atoms with Gasteiger partial charge in [-0.1, -0.05) is 42.5 Å². The van der Waals surface area contributed by atoms with Gasteiger partial charge < -0.3 is 28.6 Å². The average molecular weight is 536 g/mol. The maximum atomic E-state index is 13.5. The number of rotatable bonds is 7. The molecule has 1 aromatic rings. The minimum absolute atomic E-state index is 0.00652. The molecule has 36 heavy (non-hydrogen) atoms. The zero-order valence-corrected chi connectivity index (χ0v) is 23.3. The van der Waals surface area contributed by atoms with Crippen LogP contribution in [0.1, 0.15) is 39.7 Å². The summed E-state index contributed by atoms with van der Waals surface area (Å²) in [6.07, 6.45) is 3.81. The van der Waals surface area contributed by atoms with Crippen LogP contribution >= 0.6 is 23.5 Å². The summed E-state index contributed by atoms with van der Waals surface area (Å²) in [5, 5.41) is 0. The van der Waals surface area contributed by atoms with Gasteiger partial charge in [0, 0.05) is 7.11 Å². The SMILES string of the molecule is CO[C@@H]1C(=O)N([C@@H](C2SCCCS2)[C@@H]2OC(C)(C)O[C@H]2[C@@H]2COC(C)(C)O2)[C@@H]1/C=C/c1ccccc1. The van der Waals surface area contributed by atoms with Crippen LogP contribution in [0.5, 0.6) is 0 Å². The monoisotopic (exact) mass is 535 g/mol. The van der Waals surface area contributed by atoms with Crippen molar-refractivity contribution in [3.05, 3.63) is 42.0 Å². The molecule has 1 amide bonds. The molecule has 0 aromatic heterocycles. The zero-order chi connectivity index (χ0) is 25.5. The van der Waals surface area contributed by atoms with E-state index in [4.69, 9.17) is 23.7 Å². The molecule has 4 aliphatic heterocycles. The molecule has 9 heteroatoms. The van der Waals surface area contributed by atoms with Crippen molar-refractivity contribution in [2.75, 3.05) is 25.2 Å². The Hall–Kier alpha value is -1.07. The molecule has 0 saturated carbocycles. The van der Waals surface area contributed by atoms with Crippen molar-refractivity contribution in [3.63, 3.8) is 0 Å². The molecule has 4 aliphatic rings. The number of β-lactam (4-membered cyclic amide) rings is 1. The van der Waals surface area contributed by atoms with E-state index in [-0.39, 0.29) is 40.9 Å². The summed E-state index contributed by atoms with van der Waals surface area (Å²) in [5.41, 5.74) is 1.09.